The number of esters is 1. The Hall–Kier alpha value is -1.13. The van der Waals surface area contributed by atoms with E-state index < -0.39 is 0 Å². The summed E-state index contributed by atoms with van der Waals surface area (Å²) in [5.74, 6) is -0.175. The van der Waals surface area contributed by atoms with E-state index in [0.29, 0.717) is 30.8 Å². The standard InChI is InChI=1S/C13H17ClN2O2/c1-2-18-13(17)9-16(12-3-4-12)8-11-7-10(14)5-6-15-11/h5-7,12H,2-4,8-9H2,1H3. The second-order valence-electron chi connectivity index (χ2n) is 4.41. The summed E-state index contributed by atoms with van der Waals surface area (Å²) >= 11 is 5.93. The fourth-order valence-electron chi connectivity index (χ4n) is 1.87. The van der Waals surface area contributed by atoms with Gasteiger partial charge >= 0.3 is 5.97 Å². The lowest BCUT2D eigenvalue weighted by Crippen LogP contribution is -2.32. The minimum Gasteiger partial charge on any atom is -0.465 e. The van der Waals surface area contributed by atoms with Crippen LogP contribution >= 0.6 is 11.6 Å². The molecule has 0 atom stereocenters. The van der Waals surface area contributed by atoms with Gasteiger partial charge in [-0.15, -0.1) is 0 Å². The molecule has 4 nitrogen and oxygen atoms in total. The zero-order chi connectivity index (χ0) is 13.0. The molecule has 0 radical (unpaired) electrons. The molecule has 18 heavy (non-hydrogen) atoms. The van der Waals surface area contributed by atoms with Crippen molar-refractivity contribution < 1.29 is 9.53 Å². The summed E-state index contributed by atoms with van der Waals surface area (Å²) < 4.78 is 4.98. The van der Waals surface area contributed by atoms with Crippen LogP contribution < -0.4 is 0 Å². The van der Waals surface area contributed by atoms with Crippen molar-refractivity contribution in [1.29, 1.82) is 0 Å². The maximum absolute atomic E-state index is 11.5. The third-order valence-electron chi connectivity index (χ3n) is 2.84. The summed E-state index contributed by atoms with van der Waals surface area (Å²) in [4.78, 5) is 17.9. The fraction of sp³-hybridized carbons (Fsp3) is 0.538. The summed E-state index contributed by atoms with van der Waals surface area (Å²) in [6.07, 6.45) is 3.97. The van der Waals surface area contributed by atoms with E-state index in [2.05, 4.69) is 9.88 Å². The molecule has 98 valence electrons. The topological polar surface area (TPSA) is 42.4 Å². The van der Waals surface area contributed by atoms with E-state index in [-0.39, 0.29) is 5.97 Å². The molecule has 0 aliphatic heterocycles. The van der Waals surface area contributed by atoms with Crippen LogP contribution in [0.5, 0.6) is 0 Å². The van der Waals surface area contributed by atoms with Crippen molar-refractivity contribution in [2.75, 3.05) is 13.2 Å². The minimum atomic E-state index is -0.175. The van der Waals surface area contributed by atoms with Crippen LogP contribution in [0.4, 0.5) is 0 Å². The molecule has 1 aliphatic carbocycles. The highest BCUT2D eigenvalue weighted by atomic mass is 35.5. The molecule has 0 spiro atoms. The van der Waals surface area contributed by atoms with Gasteiger partial charge in [0.05, 0.1) is 18.8 Å². The first-order valence-electron chi connectivity index (χ1n) is 6.19. The SMILES string of the molecule is CCOC(=O)CN(Cc1cc(Cl)ccn1)C1CC1. The number of ether oxygens (including phenoxy) is 1. The van der Waals surface area contributed by atoms with Crippen molar-refractivity contribution in [2.24, 2.45) is 0 Å². The van der Waals surface area contributed by atoms with Crippen molar-refractivity contribution in [3.05, 3.63) is 29.0 Å². The fourth-order valence-corrected chi connectivity index (χ4v) is 2.05. The number of pyridine rings is 1. The summed E-state index contributed by atoms with van der Waals surface area (Å²) in [5.41, 5.74) is 0.888. The van der Waals surface area contributed by atoms with Crippen molar-refractivity contribution in [3.8, 4) is 0 Å². The Bertz CT molecular complexity index is 421. The van der Waals surface area contributed by atoms with Gasteiger partial charge in [-0.3, -0.25) is 14.7 Å². The van der Waals surface area contributed by atoms with Crippen LogP contribution in [0, 0.1) is 0 Å². The Kier molecular flexibility index (Phi) is 4.55. The Balaban J connectivity index is 1.96. The van der Waals surface area contributed by atoms with E-state index in [1.165, 1.54) is 0 Å². The van der Waals surface area contributed by atoms with Gasteiger partial charge in [0.15, 0.2) is 0 Å². The quantitative estimate of drug-likeness (QED) is 0.743. The van der Waals surface area contributed by atoms with Crippen LogP contribution in [-0.2, 0) is 16.1 Å². The van der Waals surface area contributed by atoms with Gasteiger partial charge in [-0.05, 0) is 31.9 Å². The van der Waals surface area contributed by atoms with Crippen molar-refractivity contribution in [1.82, 2.24) is 9.88 Å². The van der Waals surface area contributed by atoms with Gasteiger partial charge in [0.1, 0.15) is 0 Å². The van der Waals surface area contributed by atoms with Crippen molar-refractivity contribution in [3.63, 3.8) is 0 Å². The molecule has 0 aromatic carbocycles. The van der Waals surface area contributed by atoms with Gasteiger partial charge in [-0.2, -0.15) is 0 Å². The number of rotatable bonds is 6. The monoisotopic (exact) mass is 268 g/mol. The molecular weight excluding hydrogens is 252 g/mol. The van der Waals surface area contributed by atoms with Gasteiger partial charge in [0.2, 0.25) is 0 Å². The molecule has 1 aromatic heterocycles. The molecule has 1 aromatic rings. The van der Waals surface area contributed by atoms with Gasteiger partial charge in [0, 0.05) is 23.8 Å². The molecule has 0 bridgehead atoms. The predicted molar refractivity (Wildman–Crippen MR) is 69.3 cm³/mol. The lowest BCUT2D eigenvalue weighted by molar-refractivity contribution is -0.144. The van der Waals surface area contributed by atoms with E-state index in [1.54, 1.807) is 12.3 Å². The third-order valence-corrected chi connectivity index (χ3v) is 3.08. The molecule has 2 rings (SSSR count). The lowest BCUT2D eigenvalue weighted by atomic mass is 10.3. The number of carbonyl (C=O) groups is 1. The number of halogens is 1. The van der Waals surface area contributed by atoms with E-state index in [9.17, 15) is 4.79 Å². The number of nitrogens with zero attached hydrogens (tertiary/aromatic N) is 2. The van der Waals surface area contributed by atoms with Crippen LogP contribution in [0.2, 0.25) is 5.02 Å². The number of aromatic nitrogens is 1. The van der Waals surface area contributed by atoms with Gasteiger partial charge in [0.25, 0.3) is 0 Å². The highest BCUT2D eigenvalue weighted by Crippen LogP contribution is 2.28. The first kappa shape index (κ1) is 13.3. The molecule has 0 N–H and O–H groups in total. The smallest absolute Gasteiger partial charge is 0.320 e. The molecule has 1 heterocycles. The molecule has 1 aliphatic rings. The zero-order valence-corrected chi connectivity index (χ0v) is 11.2. The van der Waals surface area contributed by atoms with Gasteiger partial charge < -0.3 is 4.74 Å². The average Bonchev–Trinajstić information content (AvgIpc) is 3.12. The highest BCUT2D eigenvalue weighted by Gasteiger charge is 2.30. The Morgan fingerprint density at radius 1 is 1.61 bits per heavy atom. The molecule has 0 unspecified atom stereocenters. The maximum atomic E-state index is 11.5. The highest BCUT2D eigenvalue weighted by molar-refractivity contribution is 6.30. The number of carbonyl (C=O) groups excluding carboxylic acids is 1. The first-order valence-corrected chi connectivity index (χ1v) is 6.57. The van der Waals surface area contributed by atoms with Crippen LogP contribution in [0.3, 0.4) is 0 Å². The lowest BCUT2D eigenvalue weighted by Gasteiger charge is -2.20. The van der Waals surface area contributed by atoms with E-state index in [4.69, 9.17) is 16.3 Å². The predicted octanol–water partition coefficient (Wildman–Crippen LogP) is 2.26. The Morgan fingerprint density at radius 2 is 2.39 bits per heavy atom. The third kappa shape index (κ3) is 3.96. The van der Waals surface area contributed by atoms with Crippen LogP contribution in [0.15, 0.2) is 18.3 Å². The molecule has 5 heteroatoms. The van der Waals surface area contributed by atoms with E-state index in [1.807, 2.05) is 13.0 Å². The van der Waals surface area contributed by atoms with Crippen molar-refractivity contribution >= 4 is 17.6 Å². The number of hydrogen-bond acceptors (Lipinski definition) is 4. The second-order valence-corrected chi connectivity index (χ2v) is 4.84. The zero-order valence-electron chi connectivity index (χ0n) is 10.4. The van der Waals surface area contributed by atoms with E-state index in [0.717, 1.165) is 18.5 Å². The summed E-state index contributed by atoms with van der Waals surface area (Å²) in [5, 5.41) is 0.673. The van der Waals surface area contributed by atoms with Gasteiger partial charge in [-0.1, -0.05) is 11.6 Å². The van der Waals surface area contributed by atoms with E-state index >= 15 is 0 Å². The number of hydrogen-bond donors (Lipinski definition) is 0. The molecule has 0 saturated heterocycles. The second kappa shape index (κ2) is 6.16. The maximum Gasteiger partial charge on any atom is 0.320 e. The first-order chi connectivity index (χ1) is 8.69. The van der Waals surface area contributed by atoms with Crippen LogP contribution in [0.1, 0.15) is 25.5 Å². The molecule has 1 saturated carbocycles. The summed E-state index contributed by atoms with van der Waals surface area (Å²) in [7, 11) is 0. The van der Waals surface area contributed by atoms with Crippen LogP contribution in [-0.4, -0.2) is 35.0 Å². The van der Waals surface area contributed by atoms with Gasteiger partial charge in [-0.25, -0.2) is 0 Å². The Morgan fingerprint density at radius 3 is 3.00 bits per heavy atom. The Labute approximate surface area is 112 Å². The molecule has 1 fully saturated rings. The normalized spacial score (nSPS) is 14.8. The minimum absolute atomic E-state index is 0.175. The molecule has 0 amide bonds. The summed E-state index contributed by atoms with van der Waals surface area (Å²) in [6.45, 7) is 3.21. The van der Waals surface area contributed by atoms with Crippen LogP contribution in [0.25, 0.3) is 0 Å². The summed E-state index contributed by atoms with van der Waals surface area (Å²) in [6, 6.07) is 4.06. The average molecular weight is 269 g/mol. The largest absolute Gasteiger partial charge is 0.465 e. The van der Waals surface area contributed by atoms with Crippen molar-refractivity contribution in [2.45, 2.75) is 32.4 Å². The molecular formula is C13H17ClN2O2.